The van der Waals surface area contributed by atoms with Gasteiger partial charge < -0.3 is 11.1 Å². The number of rotatable bonds is 4. The van der Waals surface area contributed by atoms with Gasteiger partial charge in [-0.15, -0.1) is 11.8 Å². The van der Waals surface area contributed by atoms with Crippen LogP contribution in [0.5, 0.6) is 0 Å². The van der Waals surface area contributed by atoms with Crippen LogP contribution in [0.15, 0.2) is 53.4 Å². The van der Waals surface area contributed by atoms with Gasteiger partial charge in [0.1, 0.15) is 0 Å². The van der Waals surface area contributed by atoms with E-state index in [1.165, 1.54) is 12.5 Å². The van der Waals surface area contributed by atoms with Gasteiger partial charge in [0.05, 0.1) is 0 Å². The number of hydrogen-bond donors (Lipinski definition) is 2. The second-order valence-corrected chi connectivity index (χ2v) is 6.05. The number of benzene rings is 2. The highest BCUT2D eigenvalue weighted by molar-refractivity contribution is 7.99. The molecule has 0 spiro atoms. The molecule has 0 aliphatic heterocycles. The van der Waals surface area contributed by atoms with Crippen molar-refractivity contribution in [2.75, 3.05) is 11.1 Å². The summed E-state index contributed by atoms with van der Waals surface area (Å²) in [5.74, 6) is -0.0569. The van der Waals surface area contributed by atoms with Crippen LogP contribution in [0, 0.1) is 0 Å². The monoisotopic (exact) mass is 286 g/mol. The van der Waals surface area contributed by atoms with Crippen molar-refractivity contribution in [1.29, 1.82) is 0 Å². The summed E-state index contributed by atoms with van der Waals surface area (Å²) in [6.45, 7) is 3.66. The molecule has 3 nitrogen and oxygen atoms in total. The molecular formula is C16H18N2OS. The Kier molecular flexibility index (Phi) is 4.69. The van der Waals surface area contributed by atoms with Crippen LogP contribution in [-0.2, 0) is 4.79 Å². The third-order valence-corrected chi connectivity index (χ3v) is 4.04. The smallest absolute Gasteiger partial charge is 0.221 e. The van der Waals surface area contributed by atoms with E-state index in [1.807, 2.05) is 42.5 Å². The van der Waals surface area contributed by atoms with E-state index in [1.54, 1.807) is 11.8 Å². The van der Waals surface area contributed by atoms with Crippen molar-refractivity contribution in [2.45, 2.75) is 24.0 Å². The van der Waals surface area contributed by atoms with E-state index in [2.05, 4.69) is 18.3 Å². The van der Waals surface area contributed by atoms with E-state index in [9.17, 15) is 4.79 Å². The van der Waals surface area contributed by atoms with E-state index in [0.717, 1.165) is 16.3 Å². The van der Waals surface area contributed by atoms with Crippen LogP contribution in [0.4, 0.5) is 11.4 Å². The molecule has 0 saturated carbocycles. The lowest BCUT2D eigenvalue weighted by Gasteiger charge is -2.12. The molecule has 3 N–H and O–H groups in total. The Hall–Kier alpha value is -1.94. The molecule has 2 aromatic rings. The zero-order valence-electron chi connectivity index (χ0n) is 11.6. The Balaban J connectivity index is 2.04. The minimum absolute atomic E-state index is 0.0569. The van der Waals surface area contributed by atoms with Crippen LogP contribution in [0.25, 0.3) is 0 Å². The number of amides is 1. The first kappa shape index (κ1) is 14.5. The van der Waals surface area contributed by atoms with Crippen LogP contribution < -0.4 is 11.1 Å². The lowest BCUT2D eigenvalue weighted by Crippen LogP contribution is -2.05. The molecule has 104 valence electrons. The Morgan fingerprint density at radius 2 is 1.90 bits per heavy atom. The van der Waals surface area contributed by atoms with Gasteiger partial charge in [0, 0.05) is 28.4 Å². The molecule has 1 atom stereocenters. The number of hydrogen-bond acceptors (Lipinski definition) is 3. The largest absolute Gasteiger partial charge is 0.399 e. The van der Waals surface area contributed by atoms with Crippen molar-refractivity contribution in [3.8, 4) is 0 Å². The fourth-order valence-electron chi connectivity index (χ4n) is 1.90. The topological polar surface area (TPSA) is 55.1 Å². The number of nitrogens with one attached hydrogen (secondary N) is 1. The number of nitrogen functional groups attached to an aromatic ring is 1. The van der Waals surface area contributed by atoms with Crippen LogP contribution in [0.3, 0.4) is 0 Å². The van der Waals surface area contributed by atoms with Crippen molar-refractivity contribution in [2.24, 2.45) is 0 Å². The summed E-state index contributed by atoms with van der Waals surface area (Å²) in [6, 6.07) is 15.8. The van der Waals surface area contributed by atoms with Crippen LogP contribution in [0.2, 0.25) is 0 Å². The predicted octanol–water partition coefficient (Wildman–Crippen LogP) is 4.08. The molecule has 0 bridgehead atoms. The summed E-state index contributed by atoms with van der Waals surface area (Å²) in [7, 11) is 0. The molecule has 1 amide bonds. The zero-order valence-corrected chi connectivity index (χ0v) is 12.4. The average molecular weight is 286 g/mol. The molecule has 2 aromatic carbocycles. The Morgan fingerprint density at radius 3 is 2.50 bits per heavy atom. The van der Waals surface area contributed by atoms with Crippen LogP contribution in [0.1, 0.15) is 24.7 Å². The summed E-state index contributed by atoms with van der Waals surface area (Å²) < 4.78 is 0. The van der Waals surface area contributed by atoms with Crippen LogP contribution >= 0.6 is 11.8 Å². The van der Waals surface area contributed by atoms with Gasteiger partial charge in [0.15, 0.2) is 0 Å². The highest BCUT2D eigenvalue weighted by atomic mass is 32.2. The normalized spacial score (nSPS) is 11.9. The van der Waals surface area contributed by atoms with E-state index >= 15 is 0 Å². The Labute approximate surface area is 123 Å². The number of anilines is 2. The minimum Gasteiger partial charge on any atom is -0.399 e. The molecule has 0 heterocycles. The fourth-order valence-corrected chi connectivity index (χ4v) is 2.89. The molecule has 0 radical (unpaired) electrons. The predicted molar refractivity (Wildman–Crippen MR) is 85.9 cm³/mol. The van der Waals surface area contributed by atoms with Gasteiger partial charge in [0.2, 0.25) is 5.91 Å². The average Bonchev–Trinajstić information content (AvgIpc) is 2.40. The summed E-state index contributed by atoms with van der Waals surface area (Å²) in [5, 5.41) is 3.08. The molecule has 1 unspecified atom stereocenters. The maximum atomic E-state index is 11.0. The molecule has 0 aliphatic carbocycles. The van der Waals surface area contributed by atoms with E-state index in [-0.39, 0.29) is 5.91 Å². The molecule has 0 aliphatic rings. The maximum Gasteiger partial charge on any atom is 0.221 e. The SMILES string of the molecule is CC(=O)Nc1ccc(SC(C)c2cccc(N)c2)cc1. The van der Waals surface area contributed by atoms with E-state index in [0.29, 0.717) is 5.25 Å². The number of thioether (sulfide) groups is 1. The van der Waals surface area contributed by atoms with Crippen molar-refractivity contribution < 1.29 is 4.79 Å². The summed E-state index contributed by atoms with van der Waals surface area (Å²) in [6.07, 6.45) is 0. The number of nitrogens with two attached hydrogens (primary N) is 1. The van der Waals surface area contributed by atoms with E-state index < -0.39 is 0 Å². The van der Waals surface area contributed by atoms with Gasteiger partial charge in [-0.2, -0.15) is 0 Å². The lowest BCUT2D eigenvalue weighted by molar-refractivity contribution is -0.114. The minimum atomic E-state index is -0.0569. The second-order valence-electron chi connectivity index (χ2n) is 4.64. The number of carbonyl (C=O) groups is 1. The standard InChI is InChI=1S/C16H18N2OS/c1-11(13-4-3-5-14(17)10-13)20-16-8-6-15(7-9-16)18-12(2)19/h3-11H,17H2,1-2H3,(H,18,19). The molecule has 20 heavy (non-hydrogen) atoms. The van der Waals surface area contributed by atoms with E-state index in [4.69, 9.17) is 5.73 Å². The molecule has 4 heteroatoms. The molecule has 0 saturated heterocycles. The first-order valence-corrected chi connectivity index (χ1v) is 7.32. The molecular weight excluding hydrogens is 268 g/mol. The summed E-state index contributed by atoms with van der Waals surface area (Å²) in [5.41, 5.74) is 8.62. The van der Waals surface area contributed by atoms with Gasteiger partial charge in [-0.3, -0.25) is 4.79 Å². The third kappa shape index (κ3) is 4.03. The fraction of sp³-hybridized carbons (Fsp3) is 0.188. The van der Waals surface area contributed by atoms with Gasteiger partial charge in [-0.05, 0) is 48.9 Å². The van der Waals surface area contributed by atoms with Gasteiger partial charge >= 0.3 is 0 Å². The molecule has 2 rings (SSSR count). The van der Waals surface area contributed by atoms with Gasteiger partial charge in [0.25, 0.3) is 0 Å². The van der Waals surface area contributed by atoms with Crippen molar-refractivity contribution >= 4 is 29.0 Å². The highest BCUT2D eigenvalue weighted by Gasteiger charge is 2.07. The third-order valence-electron chi connectivity index (χ3n) is 2.87. The van der Waals surface area contributed by atoms with Crippen molar-refractivity contribution in [1.82, 2.24) is 0 Å². The Bertz CT molecular complexity index is 596. The molecule has 0 fully saturated rings. The van der Waals surface area contributed by atoms with Crippen molar-refractivity contribution in [3.05, 3.63) is 54.1 Å². The Morgan fingerprint density at radius 1 is 1.20 bits per heavy atom. The maximum absolute atomic E-state index is 11.0. The van der Waals surface area contributed by atoms with Crippen LogP contribution in [-0.4, -0.2) is 5.91 Å². The van der Waals surface area contributed by atoms with Gasteiger partial charge in [-0.25, -0.2) is 0 Å². The lowest BCUT2D eigenvalue weighted by atomic mass is 10.1. The van der Waals surface area contributed by atoms with Crippen molar-refractivity contribution in [3.63, 3.8) is 0 Å². The van der Waals surface area contributed by atoms with Gasteiger partial charge in [-0.1, -0.05) is 12.1 Å². The number of carbonyl (C=O) groups excluding carboxylic acids is 1. The second kappa shape index (κ2) is 6.48. The first-order chi connectivity index (χ1) is 9.54. The first-order valence-electron chi connectivity index (χ1n) is 6.44. The summed E-state index contributed by atoms with van der Waals surface area (Å²) >= 11 is 1.76. The zero-order chi connectivity index (χ0) is 14.5. The highest BCUT2D eigenvalue weighted by Crippen LogP contribution is 2.35. The summed E-state index contributed by atoms with van der Waals surface area (Å²) in [4.78, 5) is 12.1. The quantitative estimate of drug-likeness (QED) is 0.657. The molecule has 0 aromatic heterocycles.